The van der Waals surface area contributed by atoms with Crippen LogP contribution in [0.1, 0.15) is 11.3 Å². The van der Waals surface area contributed by atoms with Gasteiger partial charge in [-0.1, -0.05) is 23.8 Å². The van der Waals surface area contributed by atoms with Gasteiger partial charge in [0.15, 0.2) is 0 Å². The normalized spacial score (nSPS) is 9.95. The minimum atomic E-state index is -0.667. The second-order valence-corrected chi connectivity index (χ2v) is 4.65. The van der Waals surface area contributed by atoms with E-state index in [9.17, 15) is 9.59 Å². The van der Waals surface area contributed by atoms with E-state index < -0.39 is 11.8 Å². The minimum Gasteiger partial charge on any atom is -0.347 e. The highest BCUT2D eigenvalue weighted by Crippen LogP contribution is 2.08. The van der Waals surface area contributed by atoms with E-state index in [0.29, 0.717) is 18.7 Å². The molecule has 0 unspecified atom stereocenters. The SMILES string of the molecule is Cc1ccc(NC(=O)C(=O)NCCc2ccccn2)cc1. The number of hydrogen-bond donors (Lipinski definition) is 2. The van der Waals surface area contributed by atoms with Crippen molar-refractivity contribution in [1.82, 2.24) is 10.3 Å². The van der Waals surface area contributed by atoms with Crippen LogP contribution in [0.4, 0.5) is 5.69 Å². The predicted molar refractivity (Wildman–Crippen MR) is 80.8 cm³/mol. The van der Waals surface area contributed by atoms with Crippen LogP contribution in [-0.2, 0) is 16.0 Å². The Balaban J connectivity index is 1.77. The third-order valence-electron chi connectivity index (χ3n) is 2.91. The number of anilines is 1. The van der Waals surface area contributed by atoms with Crippen LogP contribution < -0.4 is 10.6 Å². The van der Waals surface area contributed by atoms with Crippen molar-refractivity contribution < 1.29 is 9.59 Å². The van der Waals surface area contributed by atoms with Crippen LogP contribution in [0.25, 0.3) is 0 Å². The van der Waals surface area contributed by atoms with Gasteiger partial charge >= 0.3 is 11.8 Å². The number of aryl methyl sites for hydroxylation is 1. The summed E-state index contributed by atoms with van der Waals surface area (Å²) in [4.78, 5) is 27.5. The summed E-state index contributed by atoms with van der Waals surface area (Å²) in [5.41, 5.74) is 2.56. The highest BCUT2D eigenvalue weighted by molar-refractivity contribution is 6.39. The van der Waals surface area contributed by atoms with Crippen molar-refractivity contribution in [1.29, 1.82) is 0 Å². The quantitative estimate of drug-likeness (QED) is 0.839. The van der Waals surface area contributed by atoms with Gasteiger partial charge < -0.3 is 10.6 Å². The van der Waals surface area contributed by atoms with E-state index in [0.717, 1.165) is 11.3 Å². The summed E-state index contributed by atoms with van der Waals surface area (Å²) in [6, 6.07) is 12.8. The molecule has 1 heterocycles. The Morgan fingerprint density at radius 3 is 2.48 bits per heavy atom. The Morgan fingerprint density at radius 1 is 1.05 bits per heavy atom. The summed E-state index contributed by atoms with van der Waals surface area (Å²) in [6.45, 7) is 2.33. The maximum atomic E-state index is 11.7. The van der Waals surface area contributed by atoms with Crippen LogP contribution in [0.3, 0.4) is 0 Å². The zero-order valence-corrected chi connectivity index (χ0v) is 11.8. The standard InChI is InChI=1S/C16H17N3O2/c1-12-5-7-14(8-6-12)19-16(21)15(20)18-11-9-13-4-2-3-10-17-13/h2-8,10H,9,11H2,1H3,(H,18,20)(H,19,21). The molecule has 0 fully saturated rings. The molecular formula is C16H17N3O2. The Hall–Kier alpha value is -2.69. The summed E-state index contributed by atoms with van der Waals surface area (Å²) in [7, 11) is 0. The van der Waals surface area contributed by atoms with Crippen LogP contribution in [0.15, 0.2) is 48.7 Å². The van der Waals surface area contributed by atoms with Crippen molar-refractivity contribution in [2.24, 2.45) is 0 Å². The van der Waals surface area contributed by atoms with E-state index in [1.807, 2.05) is 37.3 Å². The van der Waals surface area contributed by atoms with Gasteiger partial charge in [-0.05, 0) is 31.2 Å². The Labute approximate surface area is 123 Å². The van der Waals surface area contributed by atoms with E-state index in [1.54, 1.807) is 18.3 Å². The average molecular weight is 283 g/mol. The van der Waals surface area contributed by atoms with E-state index >= 15 is 0 Å². The number of nitrogens with one attached hydrogen (secondary N) is 2. The maximum Gasteiger partial charge on any atom is 0.313 e. The van der Waals surface area contributed by atoms with Crippen molar-refractivity contribution in [2.45, 2.75) is 13.3 Å². The second-order valence-electron chi connectivity index (χ2n) is 4.65. The predicted octanol–water partition coefficient (Wildman–Crippen LogP) is 1.69. The molecule has 2 N–H and O–H groups in total. The molecule has 0 aliphatic rings. The number of carbonyl (C=O) groups is 2. The van der Waals surface area contributed by atoms with Crippen molar-refractivity contribution in [3.63, 3.8) is 0 Å². The molecule has 1 aromatic carbocycles. The summed E-state index contributed by atoms with van der Waals surface area (Å²) < 4.78 is 0. The molecule has 108 valence electrons. The molecule has 0 saturated carbocycles. The van der Waals surface area contributed by atoms with Crippen molar-refractivity contribution in [3.05, 3.63) is 59.9 Å². The molecule has 0 spiro atoms. The van der Waals surface area contributed by atoms with E-state index in [4.69, 9.17) is 0 Å². The van der Waals surface area contributed by atoms with Gasteiger partial charge in [-0.2, -0.15) is 0 Å². The number of aromatic nitrogens is 1. The molecule has 0 saturated heterocycles. The molecule has 2 rings (SSSR count). The third kappa shape index (κ3) is 4.72. The zero-order valence-electron chi connectivity index (χ0n) is 11.8. The summed E-state index contributed by atoms with van der Waals surface area (Å²) in [6.07, 6.45) is 2.28. The first-order chi connectivity index (χ1) is 10.1. The smallest absolute Gasteiger partial charge is 0.313 e. The lowest BCUT2D eigenvalue weighted by Crippen LogP contribution is -2.36. The van der Waals surface area contributed by atoms with Crippen molar-refractivity contribution in [3.8, 4) is 0 Å². The van der Waals surface area contributed by atoms with Crippen LogP contribution >= 0.6 is 0 Å². The number of benzene rings is 1. The molecule has 1 aromatic heterocycles. The second kappa shape index (κ2) is 7.19. The molecule has 0 bridgehead atoms. The highest BCUT2D eigenvalue weighted by Gasteiger charge is 2.12. The zero-order chi connectivity index (χ0) is 15.1. The van der Waals surface area contributed by atoms with E-state index in [-0.39, 0.29) is 0 Å². The first kappa shape index (κ1) is 14.7. The van der Waals surface area contributed by atoms with Crippen molar-refractivity contribution >= 4 is 17.5 Å². The lowest BCUT2D eigenvalue weighted by Gasteiger charge is -2.06. The van der Waals surface area contributed by atoms with Crippen LogP contribution in [0.2, 0.25) is 0 Å². The van der Waals surface area contributed by atoms with E-state index in [1.165, 1.54) is 0 Å². The van der Waals surface area contributed by atoms with Gasteiger partial charge in [0.05, 0.1) is 0 Å². The Kier molecular flexibility index (Phi) is 5.04. The van der Waals surface area contributed by atoms with Gasteiger partial charge in [0.2, 0.25) is 0 Å². The highest BCUT2D eigenvalue weighted by atomic mass is 16.2. The van der Waals surface area contributed by atoms with Gasteiger partial charge in [0, 0.05) is 30.5 Å². The maximum absolute atomic E-state index is 11.7. The molecule has 0 aliphatic heterocycles. The average Bonchev–Trinajstić information content (AvgIpc) is 2.50. The van der Waals surface area contributed by atoms with Gasteiger partial charge in [-0.25, -0.2) is 0 Å². The molecular weight excluding hydrogens is 266 g/mol. The van der Waals surface area contributed by atoms with Gasteiger partial charge in [0.25, 0.3) is 0 Å². The topological polar surface area (TPSA) is 71.1 Å². The summed E-state index contributed by atoms with van der Waals surface area (Å²) in [5.74, 6) is -1.31. The summed E-state index contributed by atoms with van der Waals surface area (Å²) >= 11 is 0. The van der Waals surface area contributed by atoms with Crippen molar-refractivity contribution in [2.75, 3.05) is 11.9 Å². The number of pyridine rings is 1. The fourth-order valence-electron chi connectivity index (χ4n) is 1.76. The van der Waals surface area contributed by atoms with E-state index in [2.05, 4.69) is 15.6 Å². The first-order valence-corrected chi connectivity index (χ1v) is 6.71. The molecule has 0 aliphatic carbocycles. The molecule has 0 atom stereocenters. The number of rotatable bonds is 4. The van der Waals surface area contributed by atoms with Gasteiger partial charge in [0.1, 0.15) is 0 Å². The van der Waals surface area contributed by atoms with Crippen LogP contribution in [0, 0.1) is 6.92 Å². The Morgan fingerprint density at radius 2 is 1.81 bits per heavy atom. The monoisotopic (exact) mass is 283 g/mol. The fraction of sp³-hybridized carbons (Fsp3) is 0.188. The number of amides is 2. The largest absolute Gasteiger partial charge is 0.347 e. The van der Waals surface area contributed by atoms with Gasteiger partial charge in [-0.15, -0.1) is 0 Å². The van der Waals surface area contributed by atoms with Gasteiger partial charge in [-0.3, -0.25) is 14.6 Å². The number of hydrogen-bond acceptors (Lipinski definition) is 3. The summed E-state index contributed by atoms with van der Waals surface area (Å²) in [5, 5.41) is 5.12. The third-order valence-corrected chi connectivity index (χ3v) is 2.91. The lowest BCUT2D eigenvalue weighted by molar-refractivity contribution is -0.136. The Bertz CT molecular complexity index is 609. The molecule has 2 aromatic rings. The van der Waals surface area contributed by atoms with Crippen LogP contribution in [0.5, 0.6) is 0 Å². The number of carbonyl (C=O) groups excluding carboxylic acids is 2. The molecule has 5 nitrogen and oxygen atoms in total. The molecule has 2 amide bonds. The lowest BCUT2D eigenvalue weighted by atomic mass is 10.2. The fourth-order valence-corrected chi connectivity index (χ4v) is 1.76. The molecule has 5 heteroatoms. The number of nitrogens with zero attached hydrogens (tertiary/aromatic N) is 1. The van der Waals surface area contributed by atoms with Crippen LogP contribution in [-0.4, -0.2) is 23.3 Å². The first-order valence-electron chi connectivity index (χ1n) is 6.71. The molecule has 0 radical (unpaired) electrons. The minimum absolute atomic E-state index is 0.372. The molecule has 21 heavy (non-hydrogen) atoms.